The van der Waals surface area contributed by atoms with Crippen molar-refractivity contribution in [1.29, 1.82) is 0 Å². The summed E-state index contributed by atoms with van der Waals surface area (Å²) in [6.07, 6.45) is 6.28. The van der Waals surface area contributed by atoms with Gasteiger partial charge in [0.25, 0.3) is 5.91 Å². The van der Waals surface area contributed by atoms with Crippen LogP contribution in [0, 0.1) is 11.8 Å². The van der Waals surface area contributed by atoms with Crippen LogP contribution in [0.4, 0.5) is 0 Å². The van der Waals surface area contributed by atoms with Gasteiger partial charge in [0.15, 0.2) is 6.61 Å². The van der Waals surface area contributed by atoms with Gasteiger partial charge < -0.3 is 14.8 Å². The molecule has 0 saturated heterocycles. The molecule has 3 atom stereocenters. The maximum Gasteiger partial charge on any atom is 0.331 e. The van der Waals surface area contributed by atoms with Crippen LogP contribution in [0.5, 0.6) is 5.75 Å². The van der Waals surface area contributed by atoms with E-state index < -0.39 is 5.97 Å². The van der Waals surface area contributed by atoms with Gasteiger partial charge in [0.2, 0.25) is 0 Å². The SMILES string of the molecule is COc1ccc(/C=C/C(=O)OCC(=O)N[C@@H]2CCC[C@H](C)[C@@H]2C)cc1. The van der Waals surface area contributed by atoms with Crippen LogP contribution in [0.15, 0.2) is 30.3 Å². The van der Waals surface area contributed by atoms with E-state index in [1.807, 2.05) is 24.3 Å². The number of benzene rings is 1. The maximum atomic E-state index is 12.0. The second-order valence-electron chi connectivity index (χ2n) is 6.66. The lowest BCUT2D eigenvalue weighted by Crippen LogP contribution is -2.45. The van der Waals surface area contributed by atoms with Gasteiger partial charge in [-0.05, 0) is 42.0 Å². The monoisotopic (exact) mass is 345 g/mol. The number of carbonyl (C=O) groups is 2. The van der Waals surface area contributed by atoms with Gasteiger partial charge in [0, 0.05) is 12.1 Å². The first-order valence-electron chi connectivity index (χ1n) is 8.78. The molecule has 1 amide bonds. The predicted molar refractivity (Wildman–Crippen MR) is 97.1 cm³/mol. The molecule has 0 aliphatic heterocycles. The maximum absolute atomic E-state index is 12.0. The number of methoxy groups -OCH3 is 1. The van der Waals surface area contributed by atoms with E-state index in [-0.39, 0.29) is 18.6 Å². The van der Waals surface area contributed by atoms with Crippen LogP contribution < -0.4 is 10.1 Å². The molecule has 0 aromatic heterocycles. The predicted octanol–water partition coefficient (Wildman–Crippen LogP) is 3.19. The molecule has 1 aromatic rings. The van der Waals surface area contributed by atoms with E-state index in [9.17, 15) is 9.59 Å². The van der Waals surface area contributed by atoms with Gasteiger partial charge in [0.1, 0.15) is 5.75 Å². The molecule has 1 fully saturated rings. The van der Waals surface area contributed by atoms with E-state index in [0.717, 1.165) is 24.2 Å². The van der Waals surface area contributed by atoms with Crippen molar-refractivity contribution in [3.63, 3.8) is 0 Å². The minimum absolute atomic E-state index is 0.171. The van der Waals surface area contributed by atoms with E-state index >= 15 is 0 Å². The van der Waals surface area contributed by atoms with Crippen LogP contribution in [0.2, 0.25) is 0 Å². The summed E-state index contributed by atoms with van der Waals surface area (Å²) in [6.45, 7) is 4.13. The van der Waals surface area contributed by atoms with Crippen molar-refractivity contribution in [1.82, 2.24) is 5.32 Å². The highest BCUT2D eigenvalue weighted by molar-refractivity contribution is 5.89. The highest BCUT2D eigenvalue weighted by Crippen LogP contribution is 2.29. The Bertz CT molecular complexity index is 609. The van der Waals surface area contributed by atoms with Gasteiger partial charge in [-0.1, -0.05) is 38.8 Å². The van der Waals surface area contributed by atoms with Gasteiger partial charge >= 0.3 is 5.97 Å². The van der Waals surface area contributed by atoms with E-state index in [0.29, 0.717) is 11.8 Å². The summed E-state index contributed by atoms with van der Waals surface area (Å²) in [4.78, 5) is 23.7. The lowest BCUT2D eigenvalue weighted by molar-refractivity contribution is -0.144. The fraction of sp³-hybridized carbons (Fsp3) is 0.500. The van der Waals surface area contributed by atoms with Crippen molar-refractivity contribution in [3.8, 4) is 5.75 Å². The molecular formula is C20H27NO4. The van der Waals surface area contributed by atoms with Crippen LogP contribution in [0.3, 0.4) is 0 Å². The summed E-state index contributed by atoms with van der Waals surface area (Å²) < 4.78 is 10.1. The molecule has 5 nitrogen and oxygen atoms in total. The first-order valence-corrected chi connectivity index (χ1v) is 8.78. The standard InChI is InChI=1S/C20H27NO4/c1-14-5-4-6-18(15(14)2)21-19(22)13-25-20(23)12-9-16-7-10-17(24-3)11-8-16/h7-12,14-15,18H,4-6,13H2,1-3H3,(H,21,22)/b12-9+/t14-,15-,18+/m0/s1. The molecule has 1 aliphatic rings. The molecule has 0 heterocycles. The van der Waals surface area contributed by atoms with Gasteiger partial charge in [-0.15, -0.1) is 0 Å². The molecule has 0 spiro atoms. The Balaban J connectivity index is 1.75. The third-order valence-corrected chi connectivity index (χ3v) is 4.93. The van der Waals surface area contributed by atoms with E-state index in [1.54, 1.807) is 13.2 Å². The van der Waals surface area contributed by atoms with Gasteiger partial charge in [-0.25, -0.2) is 4.79 Å². The second kappa shape index (κ2) is 9.25. The van der Waals surface area contributed by atoms with Gasteiger partial charge in [-0.3, -0.25) is 4.79 Å². The number of esters is 1. The van der Waals surface area contributed by atoms with Crippen molar-refractivity contribution in [3.05, 3.63) is 35.9 Å². The summed E-state index contributed by atoms with van der Waals surface area (Å²) in [5.74, 6) is 1.04. The fourth-order valence-corrected chi connectivity index (χ4v) is 3.10. The summed E-state index contributed by atoms with van der Waals surface area (Å²) in [5.41, 5.74) is 0.854. The molecule has 1 N–H and O–H groups in total. The Morgan fingerprint density at radius 1 is 1.20 bits per heavy atom. The van der Waals surface area contributed by atoms with E-state index in [1.165, 1.54) is 12.5 Å². The minimum atomic E-state index is -0.531. The average Bonchev–Trinajstić information content (AvgIpc) is 2.62. The Morgan fingerprint density at radius 2 is 1.92 bits per heavy atom. The number of ether oxygens (including phenoxy) is 2. The fourth-order valence-electron chi connectivity index (χ4n) is 3.10. The summed E-state index contributed by atoms with van der Waals surface area (Å²) in [7, 11) is 1.60. The number of hydrogen-bond acceptors (Lipinski definition) is 4. The first-order chi connectivity index (χ1) is 12.0. The summed E-state index contributed by atoms with van der Waals surface area (Å²) >= 11 is 0. The summed E-state index contributed by atoms with van der Waals surface area (Å²) in [5, 5.41) is 2.99. The lowest BCUT2D eigenvalue weighted by Gasteiger charge is -2.34. The van der Waals surface area contributed by atoms with E-state index in [4.69, 9.17) is 9.47 Å². The second-order valence-corrected chi connectivity index (χ2v) is 6.66. The van der Waals surface area contributed by atoms with E-state index in [2.05, 4.69) is 19.2 Å². The third kappa shape index (κ3) is 5.93. The lowest BCUT2D eigenvalue weighted by atomic mass is 9.78. The van der Waals surface area contributed by atoms with Crippen molar-refractivity contribution in [2.75, 3.05) is 13.7 Å². The Labute approximate surface area is 149 Å². The van der Waals surface area contributed by atoms with Crippen molar-refractivity contribution in [2.24, 2.45) is 11.8 Å². The number of amides is 1. The van der Waals surface area contributed by atoms with Crippen LogP contribution in [0.25, 0.3) is 6.08 Å². The van der Waals surface area contributed by atoms with Gasteiger partial charge in [-0.2, -0.15) is 0 Å². The van der Waals surface area contributed by atoms with Crippen molar-refractivity contribution >= 4 is 18.0 Å². The highest BCUT2D eigenvalue weighted by atomic mass is 16.5. The number of nitrogens with one attached hydrogen (secondary N) is 1. The zero-order chi connectivity index (χ0) is 18.2. The molecular weight excluding hydrogens is 318 g/mol. The van der Waals surface area contributed by atoms with Crippen LogP contribution in [-0.2, 0) is 14.3 Å². The number of rotatable bonds is 6. The topological polar surface area (TPSA) is 64.6 Å². The normalized spacial score (nSPS) is 23.2. The minimum Gasteiger partial charge on any atom is -0.497 e. The molecule has 0 radical (unpaired) electrons. The Morgan fingerprint density at radius 3 is 2.60 bits per heavy atom. The first kappa shape index (κ1) is 19.0. The molecule has 2 rings (SSSR count). The molecule has 5 heteroatoms. The smallest absolute Gasteiger partial charge is 0.331 e. The summed E-state index contributed by atoms with van der Waals surface area (Å²) in [6, 6.07) is 7.46. The van der Waals surface area contributed by atoms with Crippen molar-refractivity contribution < 1.29 is 19.1 Å². The third-order valence-electron chi connectivity index (χ3n) is 4.93. The molecule has 1 aliphatic carbocycles. The number of carbonyl (C=O) groups excluding carboxylic acids is 2. The molecule has 0 unspecified atom stereocenters. The molecule has 25 heavy (non-hydrogen) atoms. The van der Waals surface area contributed by atoms with Crippen molar-refractivity contribution in [2.45, 2.75) is 39.2 Å². The van der Waals surface area contributed by atoms with Crippen LogP contribution in [0.1, 0.15) is 38.7 Å². The largest absolute Gasteiger partial charge is 0.497 e. The molecule has 0 bridgehead atoms. The Hall–Kier alpha value is -2.30. The Kier molecular flexibility index (Phi) is 7.04. The highest BCUT2D eigenvalue weighted by Gasteiger charge is 2.28. The molecule has 1 aromatic carbocycles. The molecule has 1 saturated carbocycles. The zero-order valence-corrected chi connectivity index (χ0v) is 15.2. The van der Waals surface area contributed by atoms with Crippen LogP contribution >= 0.6 is 0 Å². The van der Waals surface area contributed by atoms with Gasteiger partial charge in [0.05, 0.1) is 7.11 Å². The quantitative estimate of drug-likeness (QED) is 0.635. The number of hydrogen-bond donors (Lipinski definition) is 1. The molecule has 136 valence electrons. The van der Waals surface area contributed by atoms with Crippen LogP contribution in [-0.4, -0.2) is 31.6 Å². The average molecular weight is 345 g/mol. The zero-order valence-electron chi connectivity index (χ0n) is 15.2.